The second-order valence-electron chi connectivity index (χ2n) is 4.76. The van der Waals surface area contributed by atoms with Crippen molar-refractivity contribution in [3.05, 3.63) is 29.7 Å². The van der Waals surface area contributed by atoms with Crippen LogP contribution in [-0.2, 0) is 13.0 Å². The number of piperazine rings is 1. The van der Waals surface area contributed by atoms with Crippen molar-refractivity contribution in [2.75, 3.05) is 26.2 Å². The van der Waals surface area contributed by atoms with Crippen molar-refractivity contribution in [2.45, 2.75) is 19.9 Å². The summed E-state index contributed by atoms with van der Waals surface area (Å²) < 4.78 is 2.07. The van der Waals surface area contributed by atoms with E-state index in [9.17, 15) is 0 Å². The first kappa shape index (κ1) is 11.6. The van der Waals surface area contributed by atoms with Gasteiger partial charge in [0.1, 0.15) is 5.82 Å². The van der Waals surface area contributed by atoms with Crippen LogP contribution in [0.5, 0.6) is 0 Å². The molecule has 1 saturated heterocycles. The largest absolute Gasteiger partial charge is 0.314 e. The molecule has 0 spiro atoms. The molecule has 2 aromatic rings. The molecule has 1 fully saturated rings. The summed E-state index contributed by atoms with van der Waals surface area (Å²) in [4.78, 5) is 2.47. The number of pyridine rings is 1. The van der Waals surface area contributed by atoms with Gasteiger partial charge in [-0.1, -0.05) is 6.92 Å². The van der Waals surface area contributed by atoms with E-state index in [-0.39, 0.29) is 0 Å². The normalized spacial score (nSPS) is 17.4. The first-order valence-corrected chi connectivity index (χ1v) is 6.62. The summed E-state index contributed by atoms with van der Waals surface area (Å²) in [6.45, 7) is 7.54. The molecule has 5 heteroatoms. The molecule has 96 valence electrons. The molecule has 3 heterocycles. The Morgan fingerprint density at radius 3 is 2.89 bits per heavy atom. The summed E-state index contributed by atoms with van der Waals surface area (Å²) in [7, 11) is 0. The van der Waals surface area contributed by atoms with E-state index in [0.29, 0.717) is 0 Å². The van der Waals surface area contributed by atoms with Gasteiger partial charge in [-0.15, -0.1) is 10.2 Å². The van der Waals surface area contributed by atoms with Gasteiger partial charge in [0.15, 0.2) is 5.65 Å². The van der Waals surface area contributed by atoms with E-state index < -0.39 is 0 Å². The number of hydrogen-bond acceptors (Lipinski definition) is 4. The number of nitrogens with zero attached hydrogens (tertiary/aromatic N) is 4. The summed E-state index contributed by atoms with van der Waals surface area (Å²) in [6.07, 6.45) is 3.00. The van der Waals surface area contributed by atoms with Gasteiger partial charge in [-0.2, -0.15) is 0 Å². The Morgan fingerprint density at radius 1 is 1.28 bits per heavy atom. The molecule has 0 aromatic carbocycles. The Hall–Kier alpha value is -1.46. The second kappa shape index (κ2) is 5.04. The summed E-state index contributed by atoms with van der Waals surface area (Å²) in [5.41, 5.74) is 2.28. The van der Waals surface area contributed by atoms with Crippen LogP contribution in [0.2, 0.25) is 0 Å². The van der Waals surface area contributed by atoms with Gasteiger partial charge >= 0.3 is 0 Å². The third-order valence-electron chi connectivity index (χ3n) is 3.48. The van der Waals surface area contributed by atoms with Gasteiger partial charge in [-0.3, -0.25) is 9.30 Å². The maximum absolute atomic E-state index is 4.23. The van der Waals surface area contributed by atoms with Gasteiger partial charge < -0.3 is 5.32 Å². The molecule has 2 aromatic heterocycles. The molecule has 0 bridgehead atoms. The highest BCUT2D eigenvalue weighted by Gasteiger charge is 2.11. The van der Waals surface area contributed by atoms with Crippen LogP contribution in [0.25, 0.3) is 5.65 Å². The second-order valence-corrected chi connectivity index (χ2v) is 4.76. The molecule has 18 heavy (non-hydrogen) atoms. The van der Waals surface area contributed by atoms with Crippen LogP contribution in [0.15, 0.2) is 18.3 Å². The molecule has 1 aliphatic rings. The molecule has 0 unspecified atom stereocenters. The molecule has 0 amide bonds. The number of nitrogens with one attached hydrogen (secondary N) is 1. The minimum absolute atomic E-state index is 0.915. The van der Waals surface area contributed by atoms with Gasteiger partial charge in [0.2, 0.25) is 0 Å². The molecule has 1 N–H and O–H groups in total. The Bertz CT molecular complexity index is 527. The predicted octanol–water partition coefficient (Wildman–Crippen LogP) is 0.697. The molecule has 1 aliphatic heterocycles. The average molecular weight is 245 g/mol. The van der Waals surface area contributed by atoms with Gasteiger partial charge in [-0.25, -0.2) is 0 Å². The number of aryl methyl sites for hydroxylation is 1. The van der Waals surface area contributed by atoms with Gasteiger partial charge in [0.05, 0.1) is 0 Å². The van der Waals surface area contributed by atoms with Crippen LogP contribution in [-0.4, -0.2) is 45.7 Å². The van der Waals surface area contributed by atoms with E-state index in [4.69, 9.17) is 0 Å². The zero-order valence-electron chi connectivity index (χ0n) is 10.8. The lowest BCUT2D eigenvalue weighted by atomic mass is 10.2. The highest BCUT2D eigenvalue weighted by Crippen LogP contribution is 2.10. The smallest absolute Gasteiger partial charge is 0.161 e. The maximum Gasteiger partial charge on any atom is 0.161 e. The molecule has 0 saturated carbocycles. The van der Waals surface area contributed by atoms with Crippen molar-refractivity contribution >= 4 is 5.65 Å². The monoisotopic (exact) mass is 245 g/mol. The Kier molecular flexibility index (Phi) is 3.25. The fraction of sp³-hybridized carbons (Fsp3) is 0.538. The van der Waals surface area contributed by atoms with Gasteiger partial charge in [-0.05, 0) is 17.7 Å². The summed E-state index contributed by atoms with van der Waals surface area (Å²) >= 11 is 0. The number of aromatic nitrogens is 3. The summed E-state index contributed by atoms with van der Waals surface area (Å²) in [6, 6.07) is 4.33. The van der Waals surface area contributed by atoms with Crippen LogP contribution in [0.4, 0.5) is 0 Å². The minimum atomic E-state index is 0.915. The molecule has 3 rings (SSSR count). The van der Waals surface area contributed by atoms with Crippen LogP contribution >= 0.6 is 0 Å². The zero-order valence-corrected chi connectivity index (χ0v) is 10.8. The summed E-state index contributed by atoms with van der Waals surface area (Å²) in [5.74, 6) is 1.03. The highest BCUT2D eigenvalue weighted by atomic mass is 15.2. The molecular weight excluding hydrogens is 226 g/mol. The third kappa shape index (κ3) is 2.23. The fourth-order valence-electron chi connectivity index (χ4n) is 2.45. The quantitative estimate of drug-likeness (QED) is 0.864. The predicted molar refractivity (Wildman–Crippen MR) is 70.5 cm³/mol. The van der Waals surface area contributed by atoms with Crippen molar-refractivity contribution in [3.8, 4) is 0 Å². The van der Waals surface area contributed by atoms with E-state index in [1.165, 1.54) is 5.56 Å². The van der Waals surface area contributed by atoms with Crippen LogP contribution in [0, 0.1) is 0 Å². The number of hydrogen-bond donors (Lipinski definition) is 1. The van der Waals surface area contributed by atoms with Crippen molar-refractivity contribution in [1.29, 1.82) is 0 Å². The Morgan fingerprint density at radius 2 is 2.11 bits per heavy atom. The van der Waals surface area contributed by atoms with E-state index >= 15 is 0 Å². The van der Waals surface area contributed by atoms with Gasteiger partial charge in [0, 0.05) is 45.3 Å². The van der Waals surface area contributed by atoms with E-state index in [1.54, 1.807) is 0 Å². The summed E-state index contributed by atoms with van der Waals surface area (Å²) in [5, 5.41) is 11.8. The SMILES string of the molecule is CCc1nnc2cc(CN3CCNCC3)ccn12. The fourth-order valence-corrected chi connectivity index (χ4v) is 2.45. The lowest BCUT2D eigenvalue weighted by molar-refractivity contribution is 0.233. The number of rotatable bonds is 3. The molecule has 5 nitrogen and oxygen atoms in total. The van der Waals surface area contributed by atoms with E-state index in [2.05, 4.69) is 50.1 Å². The zero-order chi connectivity index (χ0) is 12.4. The molecular formula is C13H19N5. The van der Waals surface area contributed by atoms with Crippen molar-refractivity contribution < 1.29 is 0 Å². The van der Waals surface area contributed by atoms with Crippen molar-refractivity contribution in [2.24, 2.45) is 0 Å². The number of fused-ring (bicyclic) bond motifs is 1. The Balaban J connectivity index is 1.80. The van der Waals surface area contributed by atoms with Crippen LogP contribution < -0.4 is 5.32 Å². The third-order valence-corrected chi connectivity index (χ3v) is 3.48. The molecule has 0 radical (unpaired) electrons. The van der Waals surface area contributed by atoms with E-state index in [1.807, 2.05) is 0 Å². The lowest BCUT2D eigenvalue weighted by Crippen LogP contribution is -2.42. The molecule has 0 atom stereocenters. The van der Waals surface area contributed by atoms with E-state index in [0.717, 1.165) is 50.6 Å². The first-order chi connectivity index (χ1) is 8.86. The van der Waals surface area contributed by atoms with Crippen molar-refractivity contribution in [1.82, 2.24) is 24.8 Å². The standard InChI is InChI=1S/C13H19N5/c1-2-12-15-16-13-9-11(3-6-18(12)13)10-17-7-4-14-5-8-17/h3,6,9,14H,2,4-5,7-8,10H2,1H3. The van der Waals surface area contributed by atoms with Crippen LogP contribution in [0.3, 0.4) is 0 Å². The maximum atomic E-state index is 4.23. The average Bonchev–Trinajstić information content (AvgIpc) is 2.82. The Labute approximate surface area is 107 Å². The topological polar surface area (TPSA) is 45.5 Å². The molecule has 0 aliphatic carbocycles. The lowest BCUT2D eigenvalue weighted by Gasteiger charge is -2.27. The first-order valence-electron chi connectivity index (χ1n) is 6.62. The highest BCUT2D eigenvalue weighted by molar-refractivity contribution is 5.41. The van der Waals surface area contributed by atoms with Crippen molar-refractivity contribution in [3.63, 3.8) is 0 Å². The minimum Gasteiger partial charge on any atom is -0.314 e. The van der Waals surface area contributed by atoms with Gasteiger partial charge in [0.25, 0.3) is 0 Å². The van der Waals surface area contributed by atoms with Crippen LogP contribution in [0.1, 0.15) is 18.3 Å².